The number of hydrogen-bond acceptors (Lipinski definition) is 2. The van der Waals surface area contributed by atoms with Gasteiger partial charge in [-0.1, -0.05) is 59.7 Å². The van der Waals surface area contributed by atoms with Crippen LogP contribution < -0.4 is 0 Å². The van der Waals surface area contributed by atoms with Crippen LogP contribution in [0.4, 0.5) is 0 Å². The van der Waals surface area contributed by atoms with Crippen LogP contribution in [0.3, 0.4) is 0 Å². The average Bonchev–Trinajstić information content (AvgIpc) is 2.54. The molecule has 0 amide bonds. The molecule has 2 heteroatoms. The molecule has 0 saturated carbocycles. The van der Waals surface area contributed by atoms with Crippen LogP contribution in [0.25, 0.3) is 0 Å². The first-order valence-electron chi connectivity index (χ1n) is 8.16. The molecule has 2 aromatic rings. The lowest BCUT2D eigenvalue weighted by molar-refractivity contribution is 0.816. The lowest BCUT2D eigenvalue weighted by Crippen LogP contribution is -2.00. The number of aliphatic imine (C=N–C) groups is 2. The highest BCUT2D eigenvalue weighted by Gasteiger charge is 2.04. The van der Waals surface area contributed by atoms with Crippen LogP contribution in [0, 0.1) is 13.8 Å². The first kappa shape index (κ1) is 17.1. The Morgan fingerprint density at radius 3 is 1.70 bits per heavy atom. The van der Waals surface area contributed by atoms with E-state index >= 15 is 0 Å². The molecule has 0 bridgehead atoms. The third-order valence-electron chi connectivity index (χ3n) is 4.00. The molecule has 2 nitrogen and oxygen atoms in total. The molecular formula is C21H26N2. The highest BCUT2D eigenvalue weighted by Crippen LogP contribution is 2.18. The highest BCUT2D eigenvalue weighted by molar-refractivity contribution is 6.29. The first-order valence-corrected chi connectivity index (χ1v) is 8.16. The van der Waals surface area contributed by atoms with Gasteiger partial charge in [0.15, 0.2) is 0 Å². The van der Waals surface area contributed by atoms with Gasteiger partial charge < -0.3 is 0 Å². The Morgan fingerprint density at radius 2 is 1.22 bits per heavy atom. The fraction of sp³-hybridized carbons (Fsp3) is 0.333. The Balaban J connectivity index is 2.03. The lowest BCUT2D eigenvalue weighted by atomic mass is 10.1. The van der Waals surface area contributed by atoms with Crippen LogP contribution in [0.15, 0.2) is 58.5 Å². The molecule has 0 fully saturated rings. The number of nitrogens with zero attached hydrogens (tertiary/aromatic N) is 2. The minimum atomic E-state index is 0.149. The fourth-order valence-corrected chi connectivity index (χ4v) is 2.41. The molecule has 0 aliphatic carbocycles. The molecule has 0 aliphatic rings. The second-order valence-corrected chi connectivity index (χ2v) is 6.22. The maximum atomic E-state index is 4.72. The van der Waals surface area contributed by atoms with E-state index in [4.69, 9.17) is 4.99 Å². The van der Waals surface area contributed by atoms with E-state index in [0.717, 1.165) is 5.71 Å². The maximum Gasteiger partial charge on any atom is 0.0724 e. The summed E-state index contributed by atoms with van der Waals surface area (Å²) in [4.78, 5) is 9.35. The molecule has 2 rings (SSSR count). The molecule has 2 unspecified atom stereocenters. The Bertz CT molecular complexity index is 679. The summed E-state index contributed by atoms with van der Waals surface area (Å²) >= 11 is 0. The topological polar surface area (TPSA) is 24.7 Å². The zero-order valence-electron chi connectivity index (χ0n) is 14.7. The van der Waals surface area contributed by atoms with Gasteiger partial charge in [0.2, 0.25) is 0 Å². The fourth-order valence-electron chi connectivity index (χ4n) is 2.41. The summed E-state index contributed by atoms with van der Waals surface area (Å²) in [6, 6.07) is 17.4. The smallest absolute Gasteiger partial charge is 0.0724 e. The third kappa shape index (κ3) is 5.17. The van der Waals surface area contributed by atoms with E-state index in [2.05, 4.69) is 81.2 Å². The molecule has 0 radical (unpaired) electrons. The maximum absolute atomic E-state index is 4.72. The van der Waals surface area contributed by atoms with Crippen molar-refractivity contribution >= 4 is 11.9 Å². The zero-order chi connectivity index (χ0) is 16.8. The molecule has 23 heavy (non-hydrogen) atoms. The Morgan fingerprint density at radius 1 is 0.783 bits per heavy atom. The molecule has 0 saturated heterocycles. The molecule has 0 spiro atoms. The second kappa shape index (κ2) is 7.87. The van der Waals surface area contributed by atoms with E-state index in [-0.39, 0.29) is 12.1 Å². The Hall–Kier alpha value is -2.22. The minimum Gasteiger partial charge on any atom is -0.284 e. The SMILES string of the molecule is CC(C=NC(C)c1ccc(C)cc1)=NC(C)c1ccc(C)cc1. The molecule has 2 aromatic carbocycles. The van der Waals surface area contributed by atoms with Gasteiger partial charge in [-0.15, -0.1) is 0 Å². The minimum absolute atomic E-state index is 0.149. The van der Waals surface area contributed by atoms with Crippen LogP contribution >= 0.6 is 0 Å². The van der Waals surface area contributed by atoms with Crippen molar-refractivity contribution in [2.75, 3.05) is 0 Å². The largest absolute Gasteiger partial charge is 0.284 e. The van der Waals surface area contributed by atoms with Gasteiger partial charge in [0.25, 0.3) is 0 Å². The van der Waals surface area contributed by atoms with Gasteiger partial charge in [-0.25, -0.2) is 0 Å². The summed E-state index contributed by atoms with van der Waals surface area (Å²) < 4.78 is 0. The second-order valence-electron chi connectivity index (χ2n) is 6.22. The first-order chi connectivity index (χ1) is 11.0. The quantitative estimate of drug-likeness (QED) is 0.637. The van der Waals surface area contributed by atoms with Gasteiger partial charge in [0.05, 0.1) is 17.8 Å². The highest BCUT2D eigenvalue weighted by atomic mass is 14.8. The van der Waals surface area contributed by atoms with Crippen LogP contribution in [0.2, 0.25) is 0 Å². The zero-order valence-corrected chi connectivity index (χ0v) is 14.7. The van der Waals surface area contributed by atoms with Gasteiger partial charge in [0.1, 0.15) is 0 Å². The van der Waals surface area contributed by atoms with Crippen LogP contribution in [0.5, 0.6) is 0 Å². The van der Waals surface area contributed by atoms with Crippen LogP contribution in [-0.4, -0.2) is 11.9 Å². The van der Waals surface area contributed by atoms with Crippen molar-refractivity contribution in [3.05, 3.63) is 70.8 Å². The van der Waals surface area contributed by atoms with Gasteiger partial charge in [-0.2, -0.15) is 0 Å². The number of rotatable bonds is 5. The molecule has 0 aliphatic heterocycles. The van der Waals surface area contributed by atoms with Crippen molar-refractivity contribution in [3.63, 3.8) is 0 Å². The van der Waals surface area contributed by atoms with Crippen molar-refractivity contribution in [1.82, 2.24) is 0 Å². The molecule has 0 N–H and O–H groups in total. The monoisotopic (exact) mass is 306 g/mol. The molecule has 2 atom stereocenters. The molecule has 120 valence electrons. The number of aryl methyl sites for hydroxylation is 2. The van der Waals surface area contributed by atoms with Crippen molar-refractivity contribution in [3.8, 4) is 0 Å². The number of benzene rings is 2. The van der Waals surface area contributed by atoms with Crippen molar-refractivity contribution in [2.24, 2.45) is 9.98 Å². The van der Waals surface area contributed by atoms with E-state index < -0.39 is 0 Å². The summed E-state index contributed by atoms with van der Waals surface area (Å²) in [5, 5.41) is 0. The van der Waals surface area contributed by atoms with Crippen molar-refractivity contribution < 1.29 is 0 Å². The summed E-state index contributed by atoms with van der Waals surface area (Å²) in [7, 11) is 0. The van der Waals surface area contributed by atoms with Crippen LogP contribution in [0.1, 0.15) is 55.1 Å². The average molecular weight is 306 g/mol. The Labute approximate surface area is 140 Å². The lowest BCUT2D eigenvalue weighted by Gasteiger charge is -2.09. The standard InChI is InChI=1S/C21H26N2/c1-15-6-10-20(11-7-15)18(4)22-14-17(3)23-19(5)21-12-8-16(2)9-13-21/h6-14,18-19H,1-5H3. The normalized spacial score (nSPS) is 14.9. The predicted molar refractivity (Wildman–Crippen MR) is 101 cm³/mol. The van der Waals surface area contributed by atoms with E-state index in [9.17, 15) is 0 Å². The van der Waals surface area contributed by atoms with E-state index in [1.54, 1.807) is 0 Å². The van der Waals surface area contributed by atoms with Crippen LogP contribution in [-0.2, 0) is 0 Å². The van der Waals surface area contributed by atoms with Gasteiger partial charge in [0, 0.05) is 6.21 Å². The van der Waals surface area contributed by atoms with Crippen molar-refractivity contribution in [1.29, 1.82) is 0 Å². The summed E-state index contributed by atoms with van der Waals surface area (Å²) in [6.07, 6.45) is 1.88. The predicted octanol–water partition coefficient (Wildman–Crippen LogP) is 5.66. The summed E-state index contributed by atoms with van der Waals surface area (Å²) in [6.45, 7) is 10.4. The number of hydrogen-bond donors (Lipinski definition) is 0. The molecular weight excluding hydrogens is 280 g/mol. The van der Waals surface area contributed by atoms with E-state index in [1.807, 2.05) is 13.1 Å². The van der Waals surface area contributed by atoms with E-state index in [0.29, 0.717) is 0 Å². The summed E-state index contributed by atoms with van der Waals surface area (Å²) in [5.41, 5.74) is 5.96. The Kier molecular flexibility index (Phi) is 5.86. The molecule has 0 heterocycles. The van der Waals surface area contributed by atoms with Gasteiger partial charge in [-0.3, -0.25) is 9.98 Å². The third-order valence-corrected chi connectivity index (χ3v) is 4.00. The van der Waals surface area contributed by atoms with Gasteiger partial charge in [-0.05, 0) is 45.7 Å². The molecule has 0 aromatic heterocycles. The summed E-state index contributed by atoms with van der Waals surface area (Å²) in [5.74, 6) is 0. The van der Waals surface area contributed by atoms with E-state index in [1.165, 1.54) is 22.3 Å². The van der Waals surface area contributed by atoms with Gasteiger partial charge >= 0.3 is 0 Å². The van der Waals surface area contributed by atoms with Crippen molar-refractivity contribution in [2.45, 2.75) is 46.7 Å².